The van der Waals surface area contributed by atoms with Gasteiger partial charge < -0.3 is 14.6 Å². The third kappa shape index (κ3) is 3.43. The third-order valence-electron chi connectivity index (χ3n) is 4.80. The number of H-pyrrole nitrogens is 1. The van der Waals surface area contributed by atoms with Crippen LogP contribution >= 0.6 is 0 Å². The minimum atomic E-state index is -4.59. The number of rotatable bonds is 4. The van der Waals surface area contributed by atoms with E-state index >= 15 is 0 Å². The number of hydrogen-bond donors (Lipinski definition) is 1. The Kier molecular flexibility index (Phi) is 4.52. The number of alkyl halides is 3. The van der Waals surface area contributed by atoms with E-state index < -0.39 is 35.4 Å². The molecule has 3 heterocycles. The monoisotopic (exact) mass is 403 g/mol. The molecule has 0 saturated carbocycles. The summed E-state index contributed by atoms with van der Waals surface area (Å²) < 4.78 is 44.4. The number of hydrogen-bond acceptors (Lipinski definition) is 4. The Hall–Kier alpha value is -3.36. The Morgan fingerprint density at radius 3 is 2.62 bits per heavy atom. The highest BCUT2D eigenvalue weighted by Crippen LogP contribution is 2.35. The molecule has 0 unspecified atom stereocenters. The van der Waals surface area contributed by atoms with Gasteiger partial charge in [0.15, 0.2) is 0 Å². The summed E-state index contributed by atoms with van der Waals surface area (Å²) in [4.78, 5) is 33.2. The van der Waals surface area contributed by atoms with Crippen molar-refractivity contribution in [2.75, 3.05) is 13.1 Å². The van der Waals surface area contributed by atoms with Crippen molar-refractivity contribution in [1.29, 1.82) is 0 Å². The van der Waals surface area contributed by atoms with Gasteiger partial charge in [0.2, 0.25) is 5.88 Å². The molecule has 6 nitrogen and oxygen atoms in total. The van der Waals surface area contributed by atoms with E-state index in [0.29, 0.717) is 16.6 Å². The van der Waals surface area contributed by atoms with Crippen molar-refractivity contribution < 1.29 is 27.5 Å². The van der Waals surface area contributed by atoms with Crippen LogP contribution in [0.1, 0.15) is 21.6 Å². The van der Waals surface area contributed by atoms with Crippen molar-refractivity contribution in [2.24, 2.45) is 0 Å². The average Bonchev–Trinajstić information content (AvgIpc) is 2.98. The molecular weight excluding hydrogens is 387 g/mol. The Bertz CT molecular complexity index is 1100. The number of benzene rings is 1. The third-order valence-corrected chi connectivity index (χ3v) is 4.80. The first-order valence-corrected chi connectivity index (χ1v) is 8.85. The standard InChI is InChI=1S/C20H16F3N3O3/c1-11-16(13-5-2-3-7-15(13)25-11)17(27)19(28)26-9-12(10-26)29-18-14(20(21,22)23)6-4-8-24-18/h2-8,12,25H,9-10H2,1H3. The normalized spacial score (nSPS) is 14.7. The molecule has 1 amide bonds. The number of ether oxygens (including phenoxy) is 1. The maximum absolute atomic E-state index is 13.0. The second kappa shape index (κ2) is 6.91. The lowest BCUT2D eigenvalue weighted by atomic mass is 10.0. The lowest BCUT2D eigenvalue weighted by molar-refractivity contribution is -0.143. The van der Waals surface area contributed by atoms with Crippen LogP contribution in [0, 0.1) is 6.92 Å². The van der Waals surface area contributed by atoms with Gasteiger partial charge in [-0.2, -0.15) is 13.2 Å². The van der Waals surface area contributed by atoms with Crippen LogP contribution in [0.4, 0.5) is 13.2 Å². The summed E-state index contributed by atoms with van der Waals surface area (Å²) in [6, 6.07) is 9.21. The van der Waals surface area contributed by atoms with Gasteiger partial charge in [0, 0.05) is 22.8 Å². The Balaban J connectivity index is 1.45. The zero-order valence-corrected chi connectivity index (χ0v) is 15.3. The van der Waals surface area contributed by atoms with Gasteiger partial charge in [0.25, 0.3) is 11.7 Å². The first kappa shape index (κ1) is 19.0. The Labute approximate surface area is 163 Å². The van der Waals surface area contributed by atoms with E-state index in [9.17, 15) is 22.8 Å². The van der Waals surface area contributed by atoms with Crippen molar-refractivity contribution >= 4 is 22.6 Å². The minimum absolute atomic E-state index is 0.0137. The predicted octanol–water partition coefficient (Wildman–Crippen LogP) is 3.36. The van der Waals surface area contributed by atoms with Gasteiger partial charge in [-0.1, -0.05) is 18.2 Å². The fourth-order valence-corrected chi connectivity index (χ4v) is 3.36. The van der Waals surface area contributed by atoms with E-state index in [1.54, 1.807) is 19.1 Å². The summed E-state index contributed by atoms with van der Waals surface area (Å²) in [6.45, 7) is 1.74. The van der Waals surface area contributed by atoms with Crippen molar-refractivity contribution in [3.8, 4) is 5.88 Å². The first-order chi connectivity index (χ1) is 13.8. The van der Waals surface area contributed by atoms with E-state index in [1.807, 2.05) is 12.1 Å². The molecule has 0 spiro atoms. The van der Waals surface area contributed by atoms with Gasteiger partial charge in [-0.15, -0.1) is 0 Å². The molecule has 29 heavy (non-hydrogen) atoms. The van der Waals surface area contributed by atoms with Gasteiger partial charge in [-0.25, -0.2) is 4.98 Å². The van der Waals surface area contributed by atoms with E-state index in [4.69, 9.17) is 4.74 Å². The number of aromatic amines is 1. The zero-order valence-electron chi connectivity index (χ0n) is 15.3. The number of para-hydroxylation sites is 1. The predicted molar refractivity (Wildman–Crippen MR) is 97.6 cm³/mol. The number of amides is 1. The van der Waals surface area contributed by atoms with E-state index in [0.717, 1.165) is 11.6 Å². The molecule has 0 bridgehead atoms. The van der Waals surface area contributed by atoms with Crippen molar-refractivity contribution in [2.45, 2.75) is 19.2 Å². The number of carbonyl (C=O) groups excluding carboxylic acids is 2. The van der Waals surface area contributed by atoms with Gasteiger partial charge >= 0.3 is 6.18 Å². The number of aromatic nitrogens is 2. The largest absolute Gasteiger partial charge is 0.470 e. The number of Topliss-reactive ketones (excluding diaryl/α,β-unsaturated/α-hetero) is 1. The first-order valence-electron chi connectivity index (χ1n) is 8.85. The molecule has 0 atom stereocenters. The summed E-state index contributed by atoms with van der Waals surface area (Å²) in [5, 5.41) is 0.653. The van der Waals surface area contributed by atoms with Crippen LogP contribution in [-0.2, 0) is 11.0 Å². The minimum Gasteiger partial charge on any atom is -0.470 e. The lowest BCUT2D eigenvalue weighted by Crippen LogP contribution is -2.58. The SMILES string of the molecule is Cc1[nH]c2ccccc2c1C(=O)C(=O)N1CC(Oc2ncccc2C(F)(F)F)C1. The Morgan fingerprint density at radius 2 is 1.90 bits per heavy atom. The van der Waals surface area contributed by atoms with E-state index in [1.165, 1.54) is 17.2 Å². The highest BCUT2D eigenvalue weighted by molar-refractivity contribution is 6.45. The molecule has 1 fully saturated rings. The van der Waals surface area contributed by atoms with Crippen LogP contribution in [0.2, 0.25) is 0 Å². The van der Waals surface area contributed by atoms with E-state index in [-0.39, 0.29) is 13.1 Å². The van der Waals surface area contributed by atoms with Crippen LogP contribution in [0.3, 0.4) is 0 Å². The fraction of sp³-hybridized carbons (Fsp3) is 0.250. The summed E-state index contributed by atoms with van der Waals surface area (Å²) in [5.41, 5.74) is 0.663. The van der Waals surface area contributed by atoms with E-state index in [2.05, 4.69) is 9.97 Å². The number of nitrogens with zero attached hydrogens (tertiary/aromatic N) is 2. The van der Waals surface area contributed by atoms with Crippen LogP contribution in [-0.4, -0.2) is 45.8 Å². The summed E-state index contributed by atoms with van der Waals surface area (Å²) in [7, 11) is 0. The second-order valence-electron chi connectivity index (χ2n) is 6.80. The lowest BCUT2D eigenvalue weighted by Gasteiger charge is -2.38. The molecule has 1 aliphatic rings. The maximum atomic E-state index is 13.0. The highest BCUT2D eigenvalue weighted by atomic mass is 19.4. The number of halogens is 3. The van der Waals surface area contributed by atoms with Gasteiger partial charge in [0.05, 0.1) is 18.7 Å². The van der Waals surface area contributed by atoms with Crippen LogP contribution in [0.25, 0.3) is 10.9 Å². The molecule has 0 radical (unpaired) electrons. The molecule has 1 saturated heterocycles. The van der Waals surface area contributed by atoms with Crippen molar-refractivity contribution in [3.05, 3.63) is 59.4 Å². The topological polar surface area (TPSA) is 75.3 Å². The summed E-state index contributed by atoms with van der Waals surface area (Å²) in [6.07, 6.45) is -4.05. The average molecular weight is 403 g/mol. The van der Waals surface area contributed by atoms with Gasteiger partial charge in [-0.05, 0) is 25.1 Å². The van der Waals surface area contributed by atoms with Crippen molar-refractivity contribution in [3.63, 3.8) is 0 Å². The maximum Gasteiger partial charge on any atom is 0.421 e. The summed E-state index contributed by atoms with van der Waals surface area (Å²) >= 11 is 0. The van der Waals surface area contributed by atoms with Crippen LogP contribution < -0.4 is 4.74 Å². The number of ketones is 1. The molecule has 0 aliphatic carbocycles. The Morgan fingerprint density at radius 1 is 1.17 bits per heavy atom. The van der Waals surface area contributed by atoms with Crippen LogP contribution in [0.5, 0.6) is 5.88 Å². The number of aryl methyl sites for hydroxylation is 1. The number of fused-ring (bicyclic) bond motifs is 1. The highest BCUT2D eigenvalue weighted by Gasteiger charge is 2.40. The molecule has 1 N–H and O–H groups in total. The zero-order chi connectivity index (χ0) is 20.8. The van der Waals surface area contributed by atoms with Crippen LogP contribution in [0.15, 0.2) is 42.6 Å². The summed E-state index contributed by atoms with van der Waals surface area (Å²) in [5.74, 6) is -1.90. The van der Waals surface area contributed by atoms with Gasteiger partial charge in [0.1, 0.15) is 11.7 Å². The second-order valence-corrected chi connectivity index (χ2v) is 6.80. The fourth-order valence-electron chi connectivity index (χ4n) is 3.36. The molecular formula is C20H16F3N3O3. The van der Waals surface area contributed by atoms with Gasteiger partial charge in [-0.3, -0.25) is 9.59 Å². The number of likely N-dealkylation sites (tertiary alicyclic amines) is 1. The molecule has 3 aromatic rings. The smallest absolute Gasteiger partial charge is 0.421 e. The number of nitrogens with one attached hydrogen (secondary N) is 1. The number of pyridine rings is 1. The molecule has 2 aromatic heterocycles. The molecule has 1 aliphatic heterocycles. The molecule has 1 aromatic carbocycles. The number of carbonyl (C=O) groups is 2. The molecule has 150 valence electrons. The molecule has 9 heteroatoms. The van der Waals surface area contributed by atoms with Crippen molar-refractivity contribution in [1.82, 2.24) is 14.9 Å². The molecule has 4 rings (SSSR count). The quantitative estimate of drug-likeness (QED) is 0.536.